The molecule has 0 radical (unpaired) electrons. The van der Waals surface area contributed by atoms with E-state index in [0.29, 0.717) is 0 Å². The fourth-order valence-electron chi connectivity index (χ4n) is 3.36. The van der Waals surface area contributed by atoms with Gasteiger partial charge in [0.05, 0.1) is 30.0 Å². The summed E-state index contributed by atoms with van der Waals surface area (Å²) in [6.45, 7) is 0.251. The van der Waals surface area contributed by atoms with Gasteiger partial charge in [-0.15, -0.1) is 11.8 Å². The lowest BCUT2D eigenvalue weighted by Gasteiger charge is -2.32. The number of aromatic nitrogens is 3. The number of nitrogens with zero attached hydrogens (tertiary/aromatic N) is 3. The first-order valence-electron chi connectivity index (χ1n) is 8.25. The molecule has 0 spiro atoms. The quantitative estimate of drug-likeness (QED) is 0.686. The Hall–Kier alpha value is -2.74. The van der Waals surface area contributed by atoms with E-state index >= 15 is 0 Å². The van der Waals surface area contributed by atoms with E-state index in [1.807, 2.05) is 42.1 Å². The predicted molar refractivity (Wildman–Crippen MR) is 97.9 cm³/mol. The van der Waals surface area contributed by atoms with Crippen molar-refractivity contribution in [3.05, 3.63) is 48.2 Å². The largest absolute Gasteiger partial charge is 0.480 e. The number of nitrogens with one attached hydrogen (secondary N) is 1. The molecule has 3 heterocycles. The molecule has 1 aliphatic heterocycles. The summed E-state index contributed by atoms with van der Waals surface area (Å²) in [6.07, 6.45) is 3.78. The molecule has 26 heavy (non-hydrogen) atoms. The number of H-pyrrole nitrogens is 1. The van der Waals surface area contributed by atoms with Gasteiger partial charge in [-0.05, 0) is 6.07 Å². The van der Waals surface area contributed by atoms with Crippen LogP contribution in [0.15, 0.2) is 41.7 Å². The topological polar surface area (TPSA) is 91.2 Å². The molecular weight excluding hydrogens is 352 g/mol. The molecule has 2 N–H and O–H groups in total. The minimum atomic E-state index is -0.998. The molecule has 0 bridgehead atoms. The molecule has 134 valence electrons. The van der Waals surface area contributed by atoms with Crippen LogP contribution in [-0.4, -0.2) is 48.2 Å². The number of aliphatic carboxylic acids is 1. The van der Waals surface area contributed by atoms with E-state index in [9.17, 15) is 14.7 Å². The third kappa shape index (κ3) is 2.86. The average Bonchev–Trinajstić information content (AvgIpc) is 3.23. The first-order valence-corrected chi connectivity index (χ1v) is 9.23. The Kier molecular flexibility index (Phi) is 4.20. The van der Waals surface area contributed by atoms with Crippen LogP contribution in [0.5, 0.6) is 0 Å². The monoisotopic (exact) mass is 370 g/mol. The second kappa shape index (κ2) is 6.53. The van der Waals surface area contributed by atoms with Gasteiger partial charge in [0.15, 0.2) is 0 Å². The molecule has 1 aliphatic rings. The Morgan fingerprint density at radius 2 is 2.19 bits per heavy atom. The molecule has 7 nitrogen and oxygen atoms in total. The fraction of sp³-hybridized carbons (Fsp3) is 0.278. The molecule has 2 aromatic heterocycles. The maximum absolute atomic E-state index is 12.8. The molecule has 4 rings (SSSR count). The van der Waals surface area contributed by atoms with E-state index in [4.69, 9.17) is 0 Å². The molecule has 0 fully saturated rings. The third-order valence-electron chi connectivity index (χ3n) is 4.72. The Bertz CT molecular complexity index is 993. The van der Waals surface area contributed by atoms with Gasteiger partial charge < -0.3 is 19.6 Å². The summed E-state index contributed by atoms with van der Waals surface area (Å²) in [5, 5.41) is 10.6. The van der Waals surface area contributed by atoms with Crippen molar-refractivity contribution in [1.29, 1.82) is 0 Å². The molecule has 0 saturated heterocycles. The zero-order valence-corrected chi connectivity index (χ0v) is 15.0. The molecule has 8 heteroatoms. The number of aromatic amines is 1. The summed E-state index contributed by atoms with van der Waals surface area (Å²) in [4.78, 5) is 34.0. The van der Waals surface area contributed by atoms with E-state index in [2.05, 4.69) is 9.97 Å². The lowest BCUT2D eigenvalue weighted by atomic mass is 10.0. The van der Waals surface area contributed by atoms with E-state index in [1.165, 1.54) is 16.7 Å². The van der Waals surface area contributed by atoms with Crippen LogP contribution >= 0.6 is 11.8 Å². The second-order valence-corrected chi connectivity index (χ2v) is 7.33. The Labute approximate surface area is 154 Å². The number of hydrogen-bond donors (Lipinski definition) is 2. The smallest absolute Gasteiger partial charge is 0.326 e. The Morgan fingerprint density at radius 3 is 3.00 bits per heavy atom. The maximum Gasteiger partial charge on any atom is 0.326 e. The molecule has 1 amide bonds. The van der Waals surface area contributed by atoms with Gasteiger partial charge in [-0.25, -0.2) is 9.78 Å². The Balaban J connectivity index is 1.53. The van der Waals surface area contributed by atoms with Crippen LogP contribution < -0.4 is 0 Å². The molecule has 0 saturated carbocycles. The van der Waals surface area contributed by atoms with Crippen molar-refractivity contribution in [2.45, 2.75) is 23.9 Å². The van der Waals surface area contributed by atoms with Gasteiger partial charge in [0.2, 0.25) is 5.91 Å². The molecule has 0 aliphatic carbocycles. The van der Waals surface area contributed by atoms with Crippen molar-refractivity contribution in [1.82, 2.24) is 19.4 Å². The van der Waals surface area contributed by atoms with Crippen molar-refractivity contribution in [2.24, 2.45) is 7.05 Å². The van der Waals surface area contributed by atoms with E-state index in [0.717, 1.165) is 27.2 Å². The zero-order chi connectivity index (χ0) is 18.3. The number of benzene rings is 1. The molecular formula is C18H18N4O3S. The average molecular weight is 370 g/mol. The number of carbonyl (C=O) groups excluding carboxylic acids is 1. The van der Waals surface area contributed by atoms with Crippen LogP contribution in [-0.2, 0) is 29.6 Å². The third-order valence-corrected chi connectivity index (χ3v) is 5.74. The minimum Gasteiger partial charge on any atom is -0.480 e. The SMILES string of the molecule is Cn1cc(SCC(=O)N2Cc3[nH]cnc3CC2C(=O)O)c2ccccc21. The van der Waals surface area contributed by atoms with Gasteiger partial charge in [0.1, 0.15) is 6.04 Å². The Morgan fingerprint density at radius 1 is 1.38 bits per heavy atom. The number of rotatable bonds is 4. The highest BCUT2D eigenvalue weighted by molar-refractivity contribution is 8.00. The van der Waals surface area contributed by atoms with Crippen molar-refractivity contribution in [3.63, 3.8) is 0 Å². The standard InChI is InChI=1S/C18H18N4O3S/c1-21-8-16(11-4-2-3-5-14(11)21)26-9-17(23)22-7-13-12(19-10-20-13)6-15(22)18(24)25/h2-5,8,10,15H,6-7,9H2,1H3,(H,19,20)(H,24,25). The van der Waals surface area contributed by atoms with E-state index in [1.54, 1.807) is 6.33 Å². The highest BCUT2D eigenvalue weighted by Gasteiger charge is 2.35. The van der Waals surface area contributed by atoms with E-state index in [-0.39, 0.29) is 24.6 Å². The summed E-state index contributed by atoms with van der Waals surface area (Å²) in [5.41, 5.74) is 2.64. The fourth-order valence-corrected chi connectivity index (χ4v) is 4.37. The lowest BCUT2D eigenvalue weighted by Crippen LogP contribution is -2.49. The number of carbonyl (C=O) groups is 2. The van der Waals surface area contributed by atoms with Crippen molar-refractivity contribution < 1.29 is 14.7 Å². The molecule has 1 atom stereocenters. The maximum atomic E-state index is 12.8. The van der Waals surface area contributed by atoms with Gasteiger partial charge in [-0.2, -0.15) is 0 Å². The number of fused-ring (bicyclic) bond motifs is 2. The van der Waals surface area contributed by atoms with Crippen LogP contribution in [0.1, 0.15) is 11.4 Å². The number of hydrogen-bond acceptors (Lipinski definition) is 4. The molecule has 3 aromatic rings. The lowest BCUT2D eigenvalue weighted by molar-refractivity contribution is -0.150. The number of imidazole rings is 1. The van der Waals surface area contributed by atoms with Crippen LogP contribution in [0.3, 0.4) is 0 Å². The van der Waals surface area contributed by atoms with Crippen LogP contribution in [0.4, 0.5) is 0 Å². The van der Waals surface area contributed by atoms with Crippen LogP contribution in [0, 0.1) is 0 Å². The normalized spacial score (nSPS) is 16.7. The van der Waals surface area contributed by atoms with Gasteiger partial charge in [-0.3, -0.25) is 4.79 Å². The number of aryl methyl sites for hydroxylation is 1. The van der Waals surface area contributed by atoms with E-state index < -0.39 is 12.0 Å². The first kappa shape index (κ1) is 16.7. The zero-order valence-electron chi connectivity index (χ0n) is 14.2. The summed E-state index contributed by atoms with van der Waals surface area (Å²) < 4.78 is 2.03. The minimum absolute atomic E-state index is 0.185. The van der Waals surface area contributed by atoms with Crippen LogP contribution in [0.25, 0.3) is 10.9 Å². The summed E-state index contributed by atoms with van der Waals surface area (Å²) in [6, 6.07) is 7.15. The van der Waals surface area contributed by atoms with Gasteiger partial charge in [0, 0.05) is 35.5 Å². The second-order valence-electron chi connectivity index (χ2n) is 6.32. The van der Waals surface area contributed by atoms with Gasteiger partial charge in [0.25, 0.3) is 0 Å². The van der Waals surface area contributed by atoms with Crippen LogP contribution in [0.2, 0.25) is 0 Å². The highest BCUT2D eigenvalue weighted by Crippen LogP contribution is 2.30. The molecule has 1 unspecified atom stereocenters. The summed E-state index contributed by atoms with van der Waals surface area (Å²) in [5.74, 6) is -0.987. The van der Waals surface area contributed by atoms with Gasteiger partial charge in [-0.1, -0.05) is 18.2 Å². The summed E-state index contributed by atoms with van der Waals surface area (Å²) in [7, 11) is 1.97. The number of thioether (sulfide) groups is 1. The van der Waals surface area contributed by atoms with Gasteiger partial charge >= 0.3 is 5.97 Å². The highest BCUT2D eigenvalue weighted by atomic mass is 32.2. The number of carboxylic acids is 1. The predicted octanol–water partition coefficient (Wildman–Crippen LogP) is 2.03. The number of para-hydroxylation sites is 1. The number of carboxylic acid groups (broad SMARTS) is 1. The van der Waals surface area contributed by atoms with Crippen molar-refractivity contribution in [2.75, 3.05) is 5.75 Å². The molecule has 1 aromatic carbocycles. The summed E-state index contributed by atoms with van der Waals surface area (Å²) >= 11 is 1.44. The van der Waals surface area contributed by atoms with Crippen molar-refractivity contribution >= 4 is 34.5 Å². The number of amides is 1. The van der Waals surface area contributed by atoms with Crippen molar-refractivity contribution in [3.8, 4) is 0 Å². The first-order chi connectivity index (χ1) is 12.5.